The Morgan fingerprint density at radius 1 is 1.02 bits per heavy atom. The Bertz CT molecular complexity index is 1140. The van der Waals surface area contributed by atoms with E-state index in [2.05, 4.69) is 49.7 Å². The Morgan fingerprint density at radius 3 is 2.47 bits per heavy atom. The smallest absolute Gasteiger partial charge is 0.306 e. The molecule has 2 aromatic rings. The van der Waals surface area contributed by atoms with Crippen LogP contribution in [0.2, 0.25) is 0 Å². The van der Waals surface area contributed by atoms with Gasteiger partial charge in [0.25, 0.3) is 5.91 Å². The number of aryl methyl sites for hydroxylation is 1. The van der Waals surface area contributed by atoms with E-state index in [1.165, 1.54) is 58.3 Å². The van der Waals surface area contributed by atoms with Gasteiger partial charge in [-0.15, -0.1) is 0 Å². The Morgan fingerprint density at radius 2 is 1.78 bits per heavy atom. The summed E-state index contributed by atoms with van der Waals surface area (Å²) in [5, 5.41) is 3.55. The molecular weight excluding hydrogens is 568 g/mol. The summed E-state index contributed by atoms with van der Waals surface area (Å²) in [5.41, 5.74) is 0.532. The fourth-order valence-electron chi connectivity index (χ4n) is 7.30. The van der Waals surface area contributed by atoms with Crippen LogP contribution in [0.4, 0.5) is 0 Å². The highest BCUT2D eigenvalue weighted by Gasteiger charge is 2.40. The quantitative estimate of drug-likeness (QED) is 0.178. The molecular formula is C34H58N8O3. The first-order valence-corrected chi connectivity index (χ1v) is 17.5. The second kappa shape index (κ2) is 17.8. The summed E-state index contributed by atoms with van der Waals surface area (Å²) >= 11 is 0. The number of likely N-dealkylation sites (N-methyl/N-ethyl adjacent to an activating group) is 1. The van der Waals surface area contributed by atoms with E-state index in [1.54, 1.807) is 11.1 Å². The number of aromatic amines is 1. The van der Waals surface area contributed by atoms with Crippen molar-refractivity contribution in [3.05, 3.63) is 36.4 Å². The first-order chi connectivity index (χ1) is 21.9. The van der Waals surface area contributed by atoms with E-state index >= 15 is 0 Å². The molecule has 4 heterocycles. The maximum absolute atomic E-state index is 12.2. The number of nitrogens with zero attached hydrogens (tertiary/aromatic N) is 6. The molecule has 2 saturated heterocycles. The van der Waals surface area contributed by atoms with Gasteiger partial charge >= 0.3 is 5.97 Å². The van der Waals surface area contributed by atoms with Crippen molar-refractivity contribution >= 4 is 11.9 Å². The van der Waals surface area contributed by atoms with Crippen molar-refractivity contribution in [3.63, 3.8) is 0 Å². The minimum Gasteiger partial charge on any atom is -0.456 e. The summed E-state index contributed by atoms with van der Waals surface area (Å²) in [6, 6.07) is 0.710. The predicted molar refractivity (Wildman–Crippen MR) is 177 cm³/mol. The van der Waals surface area contributed by atoms with Gasteiger partial charge in [0.15, 0.2) is 6.61 Å². The van der Waals surface area contributed by atoms with E-state index in [4.69, 9.17) is 9.72 Å². The van der Waals surface area contributed by atoms with Crippen LogP contribution in [-0.4, -0.2) is 111 Å². The van der Waals surface area contributed by atoms with Crippen LogP contribution in [0.5, 0.6) is 0 Å². The van der Waals surface area contributed by atoms with E-state index in [-0.39, 0.29) is 30.9 Å². The molecule has 45 heavy (non-hydrogen) atoms. The Labute approximate surface area is 270 Å². The topological polar surface area (TPSA) is 112 Å². The number of amides is 1. The number of ether oxygens (including phenoxy) is 1. The van der Waals surface area contributed by atoms with Gasteiger partial charge in [-0.25, -0.2) is 9.97 Å². The molecule has 0 aliphatic carbocycles. The third kappa shape index (κ3) is 10.1. The van der Waals surface area contributed by atoms with Gasteiger partial charge in [-0.3, -0.25) is 9.59 Å². The highest BCUT2D eigenvalue weighted by atomic mass is 16.5. The monoisotopic (exact) mass is 626 g/mol. The number of carbonyl (C=O) groups excluding carboxylic acids is 2. The molecule has 11 nitrogen and oxygen atoms in total. The summed E-state index contributed by atoms with van der Waals surface area (Å²) in [5.74, 6) is 1.38. The van der Waals surface area contributed by atoms with E-state index in [0.717, 1.165) is 37.2 Å². The molecule has 4 rings (SSSR count). The third-order valence-corrected chi connectivity index (χ3v) is 10.2. The molecule has 0 radical (unpaired) electrons. The molecule has 0 saturated carbocycles. The number of nitrogens with one attached hydrogen (secondary N) is 2. The number of hydrogen-bond donors (Lipinski definition) is 2. The molecule has 2 N–H and O–H groups in total. The average molecular weight is 627 g/mol. The molecule has 2 aromatic heterocycles. The number of imidazole rings is 2. The lowest BCUT2D eigenvalue weighted by molar-refractivity contribution is -0.152. The number of hydrogen-bond acceptors (Lipinski definition) is 8. The van der Waals surface area contributed by atoms with Gasteiger partial charge < -0.3 is 34.3 Å². The lowest BCUT2D eigenvalue weighted by atomic mass is 9.77. The van der Waals surface area contributed by atoms with Crippen LogP contribution in [-0.2, 0) is 27.3 Å². The third-order valence-electron chi connectivity index (χ3n) is 10.2. The van der Waals surface area contributed by atoms with Crippen molar-refractivity contribution in [2.75, 3.05) is 59.0 Å². The van der Waals surface area contributed by atoms with Gasteiger partial charge in [0, 0.05) is 69.8 Å². The number of piperidine rings is 1. The first kappa shape index (κ1) is 35.1. The summed E-state index contributed by atoms with van der Waals surface area (Å²) < 4.78 is 7.48. The lowest BCUT2D eigenvalue weighted by Crippen LogP contribution is -2.45. The average Bonchev–Trinajstić information content (AvgIpc) is 3.83. The normalized spacial score (nSPS) is 17.7. The van der Waals surface area contributed by atoms with Crippen LogP contribution in [0.1, 0.15) is 96.8 Å². The highest BCUT2D eigenvalue weighted by molar-refractivity contribution is 5.80. The SMILES string of the molecule is CCC(CC)N1CCC2(CCN(CCCn3ccnc3CC(NCCCC(=O)OCC(=O)N(CC)CC)c3ncc[nH]3)C2)CC1. The van der Waals surface area contributed by atoms with Crippen LogP contribution in [0, 0.1) is 5.41 Å². The molecule has 1 atom stereocenters. The van der Waals surface area contributed by atoms with E-state index in [1.807, 2.05) is 26.2 Å². The maximum Gasteiger partial charge on any atom is 0.306 e. The number of likely N-dealkylation sites (tertiary alicyclic amines) is 2. The fourth-order valence-corrected chi connectivity index (χ4v) is 7.30. The molecule has 2 fully saturated rings. The second-order valence-electron chi connectivity index (χ2n) is 12.9. The van der Waals surface area contributed by atoms with Crippen molar-refractivity contribution in [1.29, 1.82) is 0 Å². The molecule has 252 valence electrons. The highest BCUT2D eigenvalue weighted by Crippen LogP contribution is 2.41. The van der Waals surface area contributed by atoms with Crippen molar-refractivity contribution in [3.8, 4) is 0 Å². The van der Waals surface area contributed by atoms with Gasteiger partial charge in [-0.1, -0.05) is 13.8 Å². The summed E-state index contributed by atoms with van der Waals surface area (Å²) in [6.07, 6.45) is 16.8. The van der Waals surface area contributed by atoms with Crippen molar-refractivity contribution in [2.24, 2.45) is 5.41 Å². The van der Waals surface area contributed by atoms with Crippen LogP contribution in [0.25, 0.3) is 0 Å². The molecule has 1 unspecified atom stereocenters. The van der Waals surface area contributed by atoms with Crippen LogP contribution < -0.4 is 5.32 Å². The van der Waals surface area contributed by atoms with Gasteiger partial charge in [0.05, 0.1) is 6.04 Å². The largest absolute Gasteiger partial charge is 0.456 e. The van der Waals surface area contributed by atoms with Crippen molar-refractivity contribution < 1.29 is 14.3 Å². The second-order valence-corrected chi connectivity index (χ2v) is 12.9. The molecule has 11 heteroatoms. The summed E-state index contributed by atoms with van der Waals surface area (Å²) in [4.78, 5) is 43.8. The number of H-pyrrole nitrogens is 1. The Kier molecular flexibility index (Phi) is 13.9. The molecule has 2 aliphatic rings. The molecule has 1 spiro atoms. The summed E-state index contributed by atoms with van der Waals surface area (Å²) in [6.45, 7) is 17.2. The Balaban J connectivity index is 1.19. The minimum atomic E-state index is -0.349. The van der Waals surface area contributed by atoms with Gasteiger partial charge in [-0.05, 0) is 96.9 Å². The Hall–Kier alpha value is -2.76. The van der Waals surface area contributed by atoms with E-state index in [0.29, 0.717) is 37.9 Å². The van der Waals surface area contributed by atoms with Crippen LogP contribution in [0.3, 0.4) is 0 Å². The minimum absolute atomic E-state index is 0.0502. The van der Waals surface area contributed by atoms with Crippen LogP contribution >= 0.6 is 0 Å². The number of rotatable bonds is 19. The molecule has 1 amide bonds. The number of aromatic nitrogens is 4. The fraction of sp³-hybridized carbons (Fsp3) is 0.765. The molecule has 0 bridgehead atoms. The van der Waals surface area contributed by atoms with E-state index < -0.39 is 0 Å². The standard InChI is InChI=1S/C34H58N8O3/c1-5-28(6-2)41-22-13-34(14-23-41)12-21-39(27-34)19-10-20-42-24-18-36-30(42)25-29(33-37-16-17-38-33)35-15-9-11-32(44)45-26-31(43)40(7-3)8-4/h16-18,24,28-29,35H,5-15,19-23,25-27H2,1-4H3,(H,37,38). The predicted octanol–water partition coefficient (Wildman–Crippen LogP) is 4.04. The maximum atomic E-state index is 12.2. The van der Waals surface area contributed by atoms with Gasteiger partial charge in [0.1, 0.15) is 11.6 Å². The van der Waals surface area contributed by atoms with Gasteiger partial charge in [0.2, 0.25) is 0 Å². The summed E-state index contributed by atoms with van der Waals surface area (Å²) in [7, 11) is 0. The zero-order valence-electron chi connectivity index (χ0n) is 28.3. The van der Waals surface area contributed by atoms with Crippen molar-refractivity contribution in [1.82, 2.24) is 39.5 Å². The molecule has 0 aromatic carbocycles. The zero-order valence-corrected chi connectivity index (χ0v) is 28.3. The molecule has 2 aliphatic heterocycles. The van der Waals surface area contributed by atoms with E-state index in [9.17, 15) is 9.59 Å². The lowest BCUT2D eigenvalue weighted by Gasteiger charge is -2.42. The first-order valence-electron chi connectivity index (χ1n) is 17.5. The van der Waals surface area contributed by atoms with Gasteiger partial charge in [-0.2, -0.15) is 0 Å². The number of esters is 1. The van der Waals surface area contributed by atoms with Crippen LogP contribution in [0.15, 0.2) is 24.8 Å². The number of carbonyl (C=O) groups is 2. The van der Waals surface area contributed by atoms with Crippen molar-refractivity contribution in [2.45, 2.75) is 104 Å². The zero-order chi connectivity index (χ0) is 32.1.